The van der Waals surface area contributed by atoms with Crippen LogP contribution in [-0.4, -0.2) is 21.5 Å². The number of nitrogens with one attached hydrogen (secondary N) is 1. The standard InChI is InChI=1S/C21H22FN3OS/c1-25-19-12-15(20(26)23-17-4-2-3-5-17)8-11-18(19)24-21(25)27-13-14-6-9-16(22)10-7-14/h6-12,17H,2-5,13H2,1H3,(H,23,26). The van der Waals surface area contributed by atoms with Gasteiger partial charge in [-0.25, -0.2) is 9.37 Å². The normalized spacial score (nSPS) is 14.7. The molecule has 0 atom stereocenters. The molecule has 6 heteroatoms. The van der Waals surface area contributed by atoms with Gasteiger partial charge in [0, 0.05) is 24.4 Å². The van der Waals surface area contributed by atoms with Gasteiger partial charge in [-0.3, -0.25) is 4.79 Å². The number of aromatic nitrogens is 2. The summed E-state index contributed by atoms with van der Waals surface area (Å²) in [6, 6.07) is 12.5. The van der Waals surface area contributed by atoms with Crippen LogP contribution in [0.5, 0.6) is 0 Å². The molecular formula is C21H22FN3OS. The first-order chi connectivity index (χ1) is 13.1. The first-order valence-electron chi connectivity index (χ1n) is 9.25. The number of hydrogen-bond donors (Lipinski definition) is 1. The number of amides is 1. The van der Waals surface area contributed by atoms with Crippen LogP contribution in [0.15, 0.2) is 47.6 Å². The third-order valence-corrected chi connectivity index (χ3v) is 6.17. The molecule has 4 nitrogen and oxygen atoms in total. The highest BCUT2D eigenvalue weighted by Crippen LogP contribution is 2.27. The Kier molecular flexibility index (Phi) is 5.16. The summed E-state index contributed by atoms with van der Waals surface area (Å²) in [5.74, 6) is 0.479. The minimum Gasteiger partial charge on any atom is -0.349 e. The summed E-state index contributed by atoms with van der Waals surface area (Å²) in [4.78, 5) is 17.2. The van der Waals surface area contributed by atoms with Crippen LogP contribution in [0.25, 0.3) is 11.0 Å². The third-order valence-electron chi connectivity index (χ3n) is 5.07. The van der Waals surface area contributed by atoms with E-state index in [2.05, 4.69) is 10.3 Å². The Labute approximate surface area is 162 Å². The van der Waals surface area contributed by atoms with E-state index >= 15 is 0 Å². The molecule has 1 N–H and O–H groups in total. The Balaban J connectivity index is 1.50. The van der Waals surface area contributed by atoms with Crippen molar-refractivity contribution in [3.63, 3.8) is 0 Å². The predicted molar refractivity (Wildman–Crippen MR) is 106 cm³/mol. The number of hydrogen-bond acceptors (Lipinski definition) is 3. The number of carbonyl (C=O) groups is 1. The highest BCUT2D eigenvalue weighted by Gasteiger charge is 2.19. The molecule has 0 aliphatic heterocycles. The highest BCUT2D eigenvalue weighted by molar-refractivity contribution is 7.98. The van der Waals surface area contributed by atoms with Crippen LogP contribution < -0.4 is 5.32 Å². The van der Waals surface area contributed by atoms with E-state index in [9.17, 15) is 9.18 Å². The van der Waals surface area contributed by atoms with Crippen molar-refractivity contribution in [2.24, 2.45) is 7.05 Å². The molecule has 3 aromatic rings. The van der Waals surface area contributed by atoms with Gasteiger partial charge in [0.1, 0.15) is 5.82 Å². The number of carbonyl (C=O) groups excluding carboxylic acids is 1. The van der Waals surface area contributed by atoms with E-state index in [0.717, 1.165) is 34.6 Å². The maximum absolute atomic E-state index is 13.0. The molecule has 2 aromatic carbocycles. The Bertz CT molecular complexity index is 961. The lowest BCUT2D eigenvalue weighted by molar-refractivity contribution is 0.0938. The van der Waals surface area contributed by atoms with E-state index in [0.29, 0.717) is 17.4 Å². The van der Waals surface area contributed by atoms with Gasteiger partial charge in [-0.15, -0.1) is 0 Å². The topological polar surface area (TPSA) is 46.9 Å². The van der Waals surface area contributed by atoms with E-state index in [1.807, 2.05) is 29.8 Å². The zero-order valence-corrected chi connectivity index (χ0v) is 16.1. The summed E-state index contributed by atoms with van der Waals surface area (Å²) in [5.41, 5.74) is 3.53. The van der Waals surface area contributed by atoms with Gasteiger partial charge in [-0.1, -0.05) is 36.7 Å². The zero-order valence-electron chi connectivity index (χ0n) is 15.2. The van der Waals surface area contributed by atoms with E-state index in [1.165, 1.54) is 25.0 Å². The summed E-state index contributed by atoms with van der Waals surface area (Å²) in [5, 5.41) is 4.01. The molecule has 4 rings (SSSR count). The summed E-state index contributed by atoms with van der Waals surface area (Å²) in [6.07, 6.45) is 4.54. The van der Waals surface area contributed by atoms with Gasteiger partial charge in [-0.2, -0.15) is 0 Å². The van der Waals surface area contributed by atoms with E-state index in [-0.39, 0.29) is 11.7 Å². The molecule has 1 heterocycles. The maximum atomic E-state index is 13.0. The van der Waals surface area contributed by atoms with Crippen LogP contribution in [0.4, 0.5) is 4.39 Å². The Morgan fingerprint density at radius 3 is 2.70 bits per heavy atom. The largest absolute Gasteiger partial charge is 0.349 e. The molecule has 0 unspecified atom stereocenters. The monoisotopic (exact) mass is 383 g/mol. The Hall–Kier alpha value is -2.34. The van der Waals surface area contributed by atoms with Crippen LogP contribution in [0.3, 0.4) is 0 Å². The molecule has 0 saturated heterocycles. The molecule has 1 aliphatic carbocycles. The van der Waals surface area contributed by atoms with Gasteiger partial charge < -0.3 is 9.88 Å². The van der Waals surface area contributed by atoms with Gasteiger partial charge >= 0.3 is 0 Å². The number of thioether (sulfide) groups is 1. The van der Waals surface area contributed by atoms with Gasteiger partial charge in [0.25, 0.3) is 5.91 Å². The van der Waals surface area contributed by atoms with Crippen LogP contribution in [0.2, 0.25) is 0 Å². The number of imidazole rings is 1. The lowest BCUT2D eigenvalue weighted by atomic mass is 10.1. The molecule has 27 heavy (non-hydrogen) atoms. The molecule has 1 saturated carbocycles. The fourth-order valence-corrected chi connectivity index (χ4v) is 4.45. The van der Waals surface area contributed by atoms with E-state index < -0.39 is 0 Å². The Morgan fingerprint density at radius 1 is 1.22 bits per heavy atom. The van der Waals surface area contributed by atoms with Crippen molar-refractivity contribution in [3.05, 3.63) is 59.4 Å². The molecule has 1 aliphatic rings. The maximum Gasteiger partial charge on any atom is 0.251 e. The minimum atomic E-state index is -0.227. The van der Waals surface area contributed by atoms with Crippen LogP contribution in [0, 0.1) is 5.82 Å². The first kappa shape index (κ1) is 18.0. The van der Waals surface area contributed by atoms with Gasteiger partial charge in [0.2, 0.25) is 0 Å². The number of fused-ring (bicyclic) bond motifs is 1. The summed E-state index contributed by atoms with van der Waals surface area (Å²) < 4.78 is 15.0. The van der Waals surface area contributed by atoms with Crippen molar-refractivity contribution in [3.8, 4) is 0 Å². The summed E-state index contributed by atoms with van der Waals surface area (Å²) in [7, 11) is 1.96. The smallest absolute Gasteiger partial charge is 0.251 e. The first-order valence-corrected chi connectivity index (χ1v) is 10.2. The summed E-state index contributed by atoms with van der Waals surface area (Å²) in [6.45, 7) is 0. The summed E-state index contributed by atoms with van der Waals surface area (Å²) >= 11 is 1.60. The zero-order chi connectivity index (χ0) is 18.8. The molecule has 140 valence electrons. The number of aryl methyl sites for hydroxylation is 1. The molecule has 1 aromatic heterocycles. The quantitative estimate of drug-likeness (QED) is 0.651. The fourth-order valence-electron chi connectivity index (χ4n) is 3.51. The fraction of sp³-hybridized carbons (Fsp3) is 0.333. The molecule has 0 spiro atoms. The van der Waals surface area contributed by atoms with E-state index in [1.54, 1.807) is 23.9 Å². The SMILES string of the molecule is Cn1c(SCc2ccc(F)cc2)nc2ccc(C(=O)NC3CCCC3)cc21. The van der Waals surface area contributed by atoms with Gasteiger partial charge in [0.05, 0.1) is 11.0 Å². The number of nitrogens with zero attached hydrogens (tertiary/aromatic N) is 2. The number of halogens is 1. The van der Waals surface area contributed by atoms with Crippen molar-refractivity contribution in [2.45, 2.75) is 42.6 Å². The Morgan fingerprint density at radius 2 is 1.96 bits per heavy atom. The third kappa shape index (κ3) is 4.00. The average molecular weight is 383 g/mol. The average Bonchev–Trinajstić information content (AvgIpc) is 3.29. The lowest BCUT2D eigenvalue weighted by Gasteiger charge is -2.11. The second kappa shape index (κ2) is 7.72. The minimum absolute atomic E-state index is 0.00878. The van der Waals surface area contributed by atoms with E-state index in [4.69, 9.17) is 0 Å². The van der Waals surface area contributed by atoms with Crippen LogP contribution in [0.1, 0.15) is 41.6 Å². The van der Waals surface area contributed by atoms with Crippen molar-refractivity contribution in [2.75, 3.05) is 0 Å². The van der Waals surface area contributed by atoms with Crippen molar-refractivity contribution < 1.29 is 9.18 Å². The molecule has 1 amide bonds. The van der Waals surface area contributed by atoms with Crippen molar-refractivity contribution in [1.82, 2.24) is 14.9 Å². The number of rotatable bonds is 5. The lowest BCUT2D eigenvalue weighted by Crippen LogP contribution is -2.32. The molecule has 0 bridgehead atoms. The molecular weight excluding hydrogens is 361 g/mol. The van der Waals surface area contributed by atoms with Gasteiger partial charge in [-0.05, 0) is 48.7 Å². The van der Waals surface area contributed by atoms with Crippen LogP contribution in [-0.2, 0) is 12.8 Å². The van der Waals surface area contributed by atoms with Crippen molar-refractivity contribution in [1.29, 1.82) is 0 Å². The van der Waals surface area contributed by atoms with Crippen LogP contribution >= 0.6 is 11.8 Å². The second-order valence-electron chi connectivity index (χ2n) is 7.03. The number of benzene rings is 2. The van der Waals surface area contributed by atoms with Crippen molar-refractivity contribution >= 4 is 28.7 Å². The van der Waals surface area contributed by atoms with Gasteiger partial charge in [0.15, 0.2) is 5.16 Å². The molecule has 0 radical (unpaired) electrons. The molecule has 1 fully saturated rings. The second-order valence-corrected chi connectivity index (χ2v) is 7.97. The highest BCUT2D eigenvalue weighted by atomic mass is 32.2. The predicted octanol–water partition coefficient (Wildman–Crippen LogP) is 4.68.